The number of nitrogens with one attached hydrogen (secondary N) is 1. The van der Waals surface area contributed by atoms with E-state index in [4.69, 9.17) is 9.05 Å². The Morgan fingerprint density at radius 1 is 0.611 bits per heavy atom. The van der Waals surface area contributed by atoms with Gasteiger partial charge in [-0.1, -0.05) is 179 Å². The Kier molecular flexibility index (Phi) is 36.8. The van der Waals surface area contributed by atoms with Gasteiger partial charge in [0.05, 0.1) is 39.9 Å². The van der Waals surface area contributed by atoms with E-state index >= 15 is 0 Å². The highest BCUT2D eigenvalue weighted by Crippen LogP contribution is 2.43. The van der Waals surface area contributed by atoms with Crippen molar-refractivity contribution < 1.29 is 32.9 Å². The zero-order valence-corrected chi connectivity index (χ0v) is 37.1. The number of rotatable bonds is 41. The predicted molar refractivity (Wildman–Crippen MR) is 231 cm³/mol. The van der Waals surface area contributed by atoms with Gasteiger partial charge < -0.3 is 19.8 Å². The van der Waals surface area contributed by atoms with Crippen LogP contribution >= 0.6 is 7.82 Å². The van der Waals surface area contributed by atoms with E-state index < -0.39 is 20.0 Å². The number of amides is 1. The van der Waals surface area contributed by atoms with E-state index in [1.807, 2.05) is 27.2 Å². The molecule has 0 bridgehead atoms. The SMILES string of the molecule is CCCCCCCC/C=C/CCCCCCCC(=O)N[C@@H](COP(=O)(O)OCC[N+](C)(C)C)[C@H](O)/C=C/CCCCCCCCCCCCCCCCC. The molecule has 0 aromatic rings. The molecule has 0 aromatic carbocycles. The molecule has 0 radical (unpaired) electrons. The topological polar surface area (TPSA) is 105 Å². The number of hydrogen-bond donors (Lipinski definition) is 3. The molecule has 0 aliphatic carbocycles. The Bertz CT molecular complexity index is 938. The van der Waals surface area contributed by atoms with Crippen LogP contribution in [0.5, 0.6) is 0 Å². The Morgan fingerprint density at radius 3 is 1.43 bits per heavy atom. The van der Waals surface area contributed by atoms with E-state index in [1.54, 1.807) is 6.08 Å². The number of allylic oxidation sites excluding steroid dienone is 3. The number of carbonyl (C=O) groups excluding carboxylic acids is 1. The summed E-state index contributed by atoms with van der Waals surface area (Å²) in [5, 5.41) is 13.8. The minimum absolute atomic E-state index is 0.0610. The first-order valence-electron chi connectivity index (χ1n) is 22.7. The molecule has 3 atom stereocenters. The third-order valence-corrected chi connectivity index (χ3v) is 11.1. The molecule has 8 nitrogen and oxygen atoms in total. The van der Waals surface area contributed by atoms with Gasteiger partial charge >= 0.3 is 7.82 Å². The molecule has 0 heterocycles. The van der Waals surface area contributed by atoms with Crippen molar-refractivity contribution in [2.24, 2.45) is 0 Å². The second-order valence-corrected chi connectivity index (χ2v) is 18.2. The molecule has 9 heteroatoms. The molecule has 3 N–H and O–H groups in total. The van der Waals surface area contributed by atoms with Gasteiger partial charge in [0.15, 0.2) is 0 Å². The van der Waals surface area contributed by atoms with Crippen LogP contribution in [0.15, 0.2) is 24.3 Å². The summed E-state index contributed by atoms with van der Waals surface area (Å²) >= 11 is 0. The van der Waals surface area contributed by atoms with Crippen molar-refractivity contribution in [1.29, 1.82) is 0 Å². The second-order valence-electron chi connectivity index (χ2n) is 16.8. The van der Waals surface area contributed by atoms with Gasteiger partial charge in [0.25, 0.3) is 0 Å². The van der Waals surface area contributed by atoms with Crippen molar-refractivity contribution in [2.75, 3.05) is 40.9 Å². The van der Waals surface area contributed by atoms with Gasteiger partial charge in [-0.05, 0) is 44.9 Å². The molecule has 0 aromatic heterocycles. The minimum Gasteiger partial charge on any atom is -0.387 e. The third kappa shape index (κ3) is 39.2. The molecule has 0 rings (SSSR count). The number of nitrogens with zero attached hydrogens (tertiary/aromatic N) is 1. The molecular weight excluding hydrogens is 695 g/mol. The van der Waals surface area contributed by atoms with Crippen LogP contribution in [0.3, 0.4) is 0 Å². The highest BCUT2D eigenvalue weighted by molar-refractivity contribution is 7.47. The smallest absolute Gasteiger partial charge is 0.387 e. The van der Waals surface area contributed by atoms with E-state index in [-0.39, 0.29) is 19.1 Å². The van der Waals surface area contributed by atoms with E-state index in [0.29, 0.717) is 17.4 Å². The molecule has 320 valence electrons. The second kappa shape index (κ2) is 37.6. The van der Waals surface area contributed by atoms with Crippen molar-refractivity contribution in [1.82, 2.24) is 5.32 Å². The lowest BCUT2D eigenvalue weighted by Gasteiger charge is -2.25. The molecule has 0 saturated heterocycles. The van der Waals surface area contributed by atoms with E-state index in [2.05, 4.69) is 31.3 Å². The third-order valence-electron chi connectivity index (χ3n) is 10.2. The van der Waals surface area contributed by atoms with Crippen molar-refractivity contribution in [3.63, 3.8) is 0 Å². The first kappa shape index (κ1) is 53.0. The summed E-state index contributed by atoms with van der Waals surface area (Å²) in [6.45, 7) is 4.81. The van der Waals surface area contributed by atoms with Crippen molar-refractivity contribution in [3.8, 4) is 0 Å². The van der Waals surface area contributed by atoms with E-state index in [0.717, 1.165) is 51.4 Å². The van der Waals surface area contributed by atoms with Gasteiger partial charge in [-0.2, -0.15) is 0 Å². The Balaban J connectivity index is 4.43. The summed E-state index contributed by atoms with van der Waals surface area (Å²) in [7, 11) is 1.57. The number of likely N-dealkylation sites (N-methyl/N-ethyl adjacent to an activating group) is 1. The number of phosphoric ester groups is 1. The number of aliphatic hydroxyl groups excluding tert-OH is 1. The van der Waals surface area contributed by atoms with Gasteiger partial charge in [0.2, 0.25) is 5.91 Å². The van der Waals surface area contributed by atoms with Crippen LogP contribution in [0.25, 0.3) is 0 Å². The fraction of sp³-hybridized carbons (Fsp3) is 0.889. The number of aliphatic hydroxyl groups is 1. The summed E-state index contributed by atoms with van der Waals surface area (Å²) in [5.74, 6) is -0.185. The van der Waals surface area contributed by atoms with Gasteiger partial charge in [0, 0.05) is 6.42 Å². The lowest BCUT2D eigenvalue weighted by molar-refractivity contribution is -0.870. The normalized spacial score (nSPS) is 14.6. The summed E-state index contributed by atoms with van der Waals surface area (Å²) in [6.07, 6.45) is 43.8. The molecule has 0 saturated carbocycles. The Labute approximate surface area is 334 Å². The molecule has 0 fully saturated rings. The molecule has 1 unspecified atom stereocenters. The van der Waals surface area contributed by atoms with Crippen LogP contribution < -0.4 is 5.32 Å². The fourth-order valence-electron chi connectivity index (χ4n) is 6.51. The van der Waals surface area contributed by atoms with Gasteiger partial charge in [-0.15, -0.1) is 0 Å². The van der Waals surface area contributed by atoms with Crippen LogP contribution in [-0.2, 0) is 18.4 Å². The molecule has 1 amide bonds. The fourth-order valence-corrected chi connectivity index (χ4v) is 7.24. The highest BCUT2D eigenvalue weighted by atomic mass is 31.2. The van der Waals surface area contributed by atoms with Crippen LogP contribution in [0, 0.1) is 0 Å². The largest absolute Gasteiger partial charge is 0.472 e. The number of carbonyl (C=O) groups is 1. The average molecular weight is 786 g/mol. The zero-order chi connectivity index (χ0) is 40.0. The maximum Gasteiger partial charge on any atom is 0.472 e. The monoisotopic (exact) mass is 786 g/mol. The molecule has 0 aliphatic rings. The minimum atomic E-state index is -4.34. The van der Waals surface area contributed by atoms with Gasteiger partial charge in [-0.25, -0.2) is 4.57 Å². The van der Waals surface area contributed by atoms with Crippen LogP contribution in [0.2, 0.25) is 0 Å². The highest BCUT2D eigenvalue weighted by Gasteiger charge is 2.27. The Hall–Kier alpha value is -1.02. The predicted octanol–water partition coefficient (Wildman–Crippen LogP) is 12.5. The first-order valence-corrected chi connectivity index (χ1v) is 24.2. The first-order chi connectivity index (χ1) is 26.0. The van der Waals surface area contributed by atoms with Crippen LogP contribution in [-0.4, -0.2) is 73.4 Å². The number of quaternary nitrogens is 1. The van der Waals surface area contributed by atoms with E-state index in [1.165, 1.54) is 135 Å². The molecule has 0 aliphatic heterocycles. The lowest BCUT2D eigenvalue weighted by Crippen LogP contribution is -2.45. The van der Waals surface area contributed by atoms with Crippen molar-refractivity contribution in [3.05, 3.63) is 24.3 Å². The van der Waals surface area contributed by atoms with Crippen molar-refractivity contribution >= 4 is 13.7 Å². The number of unbranched alkanes of at least 4 members (excludes halogenated alkanes) is 26. The van der Waals surface area contributed by atoms with Crippen LogP contribution in [0.4, 0.5) is 0 Å². The molecular formula is C45H90N2O6P+. The lowest BCUT2D eigenvalue weighted by atomic mass is 10.0. The van der Waals surface area contributed by atoms with Gasteiger partial charge in [0.1, 0.15) is 13.2 Å². The summed E-state index contributed by atoms with van der Waals surface area (Å²) in [6, 6.07) is -0.847. The number of phosphoric acid groups is 1. The molecule has 54 heavy (non-hydrogen) atoms. The van der Waals surface area contributed by atoms with Crippen molar-refractivity contribution in [2.45, 2.75) is 219 Å². The number of hydrogen-bond acceptors (Lipinski definition) is 5. The molecule has 0 spiro atoms. The summed E-state index contributed by atoms with van der Waals surface area (Å²) in [5.41, 5.74) is 0. The maximum absolute atomic E-state index is 12.9. The summed E-state index contributed by atoms with van der Waals surface area (Å²) in [4.78, 5) is 23.1. The zero-order valence-electron chi connectivity index (χ0n) is 36.2. The maximum atomic E-state index is 12.9. The van der Waals surface area contributed by atoms with E-state index in [9.17, 15) is 19.4 Å². The summed E-state index contributed by atoms with van der Waals surface area (Å²) < 4.78 is 23.6. The quantitative estimate of drug-likeness (QED) is 0.0247. The standard InChI is InChI=1S/C45H89N2O6P/c1-6-8-10-12-14-16-18-20-22-23-25-26-28-30-32-34-36-38-44(48)43(42-53-54(50,51)52-41-40-47(3,4)5)46-45(49)39-37-35-33-31-29-27-24-21-19-17-15-13-11-9-7-2/h21,24,36,38,43-44,48H,6-20,22-23,25-35,37,39-42H2,1-5H3,(H-,46,49,50,51)/p+1/b24-21+,38-36+/t43-,44+/m0/s1. The van der Waals surface area contributed by atoms with Crippen LogP contribution in [0.1, 0.15) is 206 Å². The van der Waals surface area contributed by atoms with Gasteiger partial charge in [-0.3, -0.25) is 13.8 Å². The Morgan fingerprint density at radius 2 is 1.00 bits per heavy atom. The average Bonchev–Trinajstić information content (AvgIpc) is 3.12.